The van der Waals surface area contributed by atoms with Gasteiger partial charge in [-0.3, -0.25) is 0 Å². The van der Waals surface area contributed by atoms with E-state index in [1.807, 2.05) is 24.6 Å². The quantitative estimate of drug-likeness (QED) is 0.854. The number of hydrogen-bond donors (Lipinski definition) is 0. The minimum atomic E-state index is 0.390. The van der Waals surface area contributed by atoms with Crippen LogP contribution in [0, 0.1) is 11.3 Å². The summed E-state index contributed by atoms with van der Waals surface area (Å²) in [6.07, 6.45) is 6.14. The molecule has 104 valence electrons. The maximum Gasteiger partial charge on any atom is 0.240 e. The van der Waals surface area contributed by atoms with E-state index in [1.54, 1.807) is 11.3 Å². The summed E-state index contributed by atoms with van der Waals surface area (Å²) >= 11 is 1.57. The molecule has 0 amide bonds. The van der Waals surface area contributed by atoms with Crippen molar-refractivity contribution < 1.29 is 4.42 Å². The number of anilines is 1. The number of nitriles is 1. The zero-order valence-electron chi connectivity index (χ0n) is 11.5. The maximum atomic E-state index is 9.28. The molecule has 0 unspecified atom stereocenters. The van der Waals surface area contributed by atoms with E-state index in [0.29, 0.717) is 23.5 Å². The molecule has 4 nitrogen and oxygen atoms in total. The highest BCUT2D eigenvalue weighted by Crippen LogP contribution is 2.33. The summed E-state index contributed by atoms with van der Waals surface area (Å²) in [5.41, 5.74) is 0.390. The Balaban J connectivity index is 1.90. The molecule has 1 fully saturated rings. The Kier molecular flexibility index (Phi) is 3.75. The zero-order valence-corrected chi connectivity index (χ0v) is 12.3. The molecule has 0 bridgehead atoms. The van der Waals surface area contributed by atoms with Gasteiger partial charge in [0.15, 0.2) is 0 Å². The van der Waals surface area contributed by atoms with Gasteiger partial charge in [-0.1, -0.05) is 25.3 Å². The predicted molar refractivity (Wildman–Crippen MR) is 79.8 cm³/mol. The molecule has 5 heteroatoms. The summed E-state index contributed by atoms with van der Waals surface area (Å²) in [4.78, 5) is 7.39. The van der Waals surface area contributed by atoms with Crippen LogP contribution in [0.2, 0.25) is 0 Å². The van der Waals surface area contributed by atoms with Gasteiger partial charge in [-0.2, -0.15) is 10.2 Å². The van der Waals surface area contributed by atoms with Gasteiger partial charge in [0, 0.05) is 13.1 Å². The van der Waals surface area contributed by atoms with Crippen LogP contribution < -0.4 is 4.90 Å². The van der Waals surface area contributed by atoms with E-state index >= 15 is 0 Å². The van der Waals surface area contributed by atoms with Crippen LogP contribution in [0.4, 0.5) is 5.88 Å². The summed E-state index contributed by atoms with van der Waals surface area (Å²) in [6, 6.07) is 6.53. The van der Waals surface area contributed by atoms with Crippen molar-refractivity contribution in [1.82, 2.24) is 4.98 Å². The van der Waals surface area contributed by atoms with Crippen molar-refractivity contribution in [3.63, 3.8) is 0 Å². The van der Waals surface area contributed by atoms with Crippen LogP contribution in [0.25, 0.3) is 10.8 Å². The van der Waals surface area contributed by atoms with Crippen molar-refractivity contribution in [2.45, 2.75) is 38.1 Å². The molecule has 0 saturated heterocycles. The fourth-order valence-electron chi connectivity index (χ4n) is 2.76. The van der Waals surface area contributed by atoms with Crippen molar-refractivity contribution in [2.75, 3.05) is 11.9 Å². The average molecular weight is 287 g/mol. The molecular formula is C15H17N3OS. The number of nitrogens with zero attached hydrogens (tertiary/aromatic N) is 3. The van der Waals surface area contributed by atoms with E-state index in [2.05, 4.69) is 16.0 Å². The summed E-state index contributed by atoms with van der Waals surface area (Å²) in [5, 5.41) is 11.3. The third-order valence-corrected chi connectivity index (χ3v) is 4.75. The largest absolute Gasteiger partial charge is 0.418 e. The van der Waals surface area contributed by atoms with Crippen molar-refractivity contribution >= 4 is 17.2 Å². The predicted octanol–water partition coefficient (Wildman–Crippen LogP) is 4.04. The van der Waals surface area contributed by atoms with Gasteiger partial charge in [-0.25, -0.2) is 0 Å². The molecule has 0 spiro atoms. The number of oxazole rings is 1. The monoisotopic (exact) mass is 287 g/mol. The lowest BCUT2D eigenvalue weighted by molar-refractivity contribution is 0.410. The summed E-state index contributed by atoms with van der Waals surface area (Å²) in [6.45, 7) is 0. The van der Waals surface area contributed by atoms with E-state index in [0.717, 1.165) is 17.7 Å². The Hall–Kier alpha value is -1.80. The minimum Gasteiger partial charge on any atom is -0.418 e. The first-order valence-electron chi connectivity index (χ1n) is 6.97. The Labute approximate surface area is 122 Å². The van der Waals surface area contributed by atoms with Gasteiger partial charge in [-0.05, 0) is 24.3 Å². The van der Waals surface area contributed by atoms with Crippen molar-refractivity contribution in [3.05, 3.63) is 23.2 Å². The molecular weight excluding hydrogens is 270 g/mol. The van der Waals surface area contributed by atoms with Crippen LogP contribution in [0.3, 0.4) is 0 Å². The maximum absolute atomic E-state index is 9.28. The Bertz CT molecular complexity index is 606. The van der Waals surface area contributed by atoms with Crippen LogP contribution in [0.5, 0.6) is 0 Å². The van der Waals surface area contributed by atoms with Gasteiger partial charge < -0.3 is 9.32 Å². The lowest BCUT2D eigenvalue weighted by atomic mass is 9.94. The standard InChI is InChI=1S/C15H17N3OS/c1-18(11-6-3-2-4-7-11)15-12(10-16)17-14(19-15)13-8-5-9-20-13/h5,8-9,11H,2-4,6-7H2,1H3. The Morgan fingerprint density at radius 1 is 1.40 bits per heavy atom. The molecule has 3 rings (SSSR count). The highest BCUT2D eigenvalue weighted by atomic mass is 32.1. The van der Waals surface area contributed by atoms with Crippen molar-refractivity contribution in [2.24, 2.45) is 0 Å². The van der Waals surface area contributed by atoms with E-state index in [4.69, 9.17) is 4.42 Å². The normalized spacial score (nSPS) is 16.0. The van der Waals surface area contributed by atoms with Gasteiger partial charge in [0.05, 0.1) is 4.88 Å². The fourth-order valence-corrected chi connectivity index (χ4v) is 3.41. The summed E-state index contributed by atoms with van der Waals surface area (Å²) in [5.74, 6) is 1.16. The molecule has 2 aromatic heterocycles. The van der Waals surface area contributed by atoms with Gasteiger partial charge in [0.25, 0.3) is 0 Å². The topological polar surface area (TPSA) is 53.1 Å². The molecule has 0 N–H and O–H groups in total. The first-order chi connectivity index (χ1) is 9.79. The van der Waals surface area contributed by atoms with Crippen LogP contribution >= 0.6 is 11.3 Å². The lowest BCUT2D eigenvalue weighted by Gasteiger charge is -2.30. The van der Waals surface area contributed by atoms with Crippen LogP contribution in [0.1, 0.15) is 37.8 Å². The molecule has 1 aliphatic carbocycles. The van der Waals surface area contributed by atoms with E-state index < -0.39 is 0 Å². The minimum absolute atomic E-state index is 0.390. The summed E-state index contributed by atoms with van der Waals surface area (Å²) < 4.78 is 5.87. The molecule has 1 aliphatic rings. The SMILES string of the molecule is CN(c1oc(-c2cccs2)nc1C#N)C1CCCCC1. The third kappa shape index (κ3) is 2.44. The highest BCUT2D eigenvalue weighted by molar-refractivity contribution is 7.13. The first kappa shape index (κ1) is 13.2. The molecule has 0 aromatic carbocycles. The Morgan fingerprint density at radius 3 is 2.85 bits per heavy atom. The summed E-state index contributed by atoms with van der Waals surface area (Å²) in [7, 11) is 2.01. The molecule has 1 saturated carbocycles. The van der Waals surface area contributed by atoms with Crippen molar-refractivity contribution in [1.29, 1.82) is 5.26 Å². The van der Waals surface area contributed by atoms with Gasteiger partial charge in [0.1, 0.15) is 6.07 Å². The molecule has 2 heterocycles. The average Bonchev–Trinajstić information content (AvgIpc) is 3.16. The van der Waals surface area contributed by atoms with Gasteiger partial charge in [-0.15, -0.1) is 11.3 Å². The smallest absolute Gasteiger partial charge is 0.240 e. The number of rotatable bonds is 3. The van der Waals surface area contributed by atoms with Gasteiger partial charge in [0.2, 0.25) is 17.5 Å². The Morgan fingerprint density at radius 2 is 2.20 bits per heavy atom. The van der Waals surface area contributed by atoms with Crippen LogP contribution in [0.15, 0.2) is 21.9 Å². The third-order valence-electron chi connectivity index (χ3n) is 3.89. The molecule has 2 aromatic rings. The fraction of sp³-hybridized carbons (Fsp3) is 0.467. The lowest BCUT2D eigenvalue weighted by Crippen LogP contribution is -2.33. The second-order valence-electron chi connectivity index (χ2n) is 5.16. The van der Waals surface area contributed by atoms with E-state index in [-0.39, 0.29) is 0 Å². The van der Waals surface area contributed by atoms with Crippen LogP contribution in [-0.2, 0) is 0 Å². The van der Waals surface area contributed by atoms with Crippen molar-refractivity contribution in [3.8, 4) is 16.8 Å². The molecule has 0 atom stereocenters. The van der Waals surface area contributed by atoms with Gasteiger partial charge >= 0.3 is 0 Å². The van der Waals surface area contributed by atoms with E-state index in [1.165, 1.54) is 19.3 Å². The first-order valence-corrected chi connectivity index (χ1v) is 7.85. The zero-order chi connectivity index (χ0) is 13.9. The highest BCUT2D eigenvalue weighted by Gasteiger charge is 2.25. The second-order valence-corrected chi connectivity index (χ2v) is 6.11. The molecule has 0 aliphatic heterocycles. The van der Waals surface area contributed by atoms with Crippen LogP contribution in [-0.4, -0.2) is 18.1 Å². The van der Waals surface area contributed by atoms with E-state index in [9.17, 15) is 5.26 Å². The number of hydrogen-bond acceptors (Lipinski definition) is 5. The number of aromatic nitrogens is 1. The molecule has 0 radical (unpaired) electrons. The molecule has 20 heavy (non-hydrogen) atoms. The number of thiophene rings is 1. The second kappa shape index (κ2) is 5.68.